The minimum atomic E-state index is -0.746. The van der Waals surface area contributed by atoms with Crippen molar-refractivity contribution in [3.63, 3.8) is 0 Å². The Bertz CT molecular complexity index is 395. The largest absolute Gasteiger partial charge is 0.504 e. The van der Waals surface area contributed by atoms with E-state index in [1.807, 2.05) is 0 Å². The molecule has 0 radical (unpaired) electrons. The monoisotopic (exact) mass is 240 g/mol. The number of carbonyl (C=O) groups is 1. The minimum absolute atomic E-state index is 0.0504. The number of amides is 1. The maximum Gasteiger partial charge on any atom is 0.243 e. The van der Waals surface area contributed by atoms with Gasteiger partial charge in [0.05, 0.1) is 13.7 Å². The van der Waals surface area contributed by atoms with E-state index in [2.05, 4.69) is 5.32 Å². The van der Waals surface area contributed by atoms with Gasteiger partial charge < -0.3 is 25.6 Å². The Morgan fingerprint density at radius 3 is 2.76 bits per heavy atom. The SMILES string of the molecule is COCC(N)C(=O)Nc1ccc(OC)c(O)c1. The third kappa shape index (κ3) is 3.61. The second-order valence-corrected chi connectivity index (χ2v) is 3.44. The summed E-state index contributed by atoms with van der Waals surface area (Å²) in [7, 11) is 2.91. The number of rotatable bonds is 5. The molecule has 0 aromatic heterocycles. The Morgan fingerprint density at radius 1 is 1.53 bits per heavy atom. The maximum absolute atomic E-state index is 11.5. The number of hydrogen-bond acceptors (Lipinski definition) is 5. The molecule has 0 saturated heterocycles. The minimum Gasteiger partial charge on any atom is -0.504 e. The second kappa shape index (κ2) is 6.07. The molecule has 1 aromatic carbocycles. The molecule has 17 heavy (non-hydrogen) atoms. The van der Waals surface area contributed by atoms with Crippen molar-refractivity contribution in [1.82, 2.24) is 0 Å². The summed E-state index contributed by atoms with van der Waals surface area (Å²) in [5.41, 5.74) is 5.99. The van der Waals surface area contributed by atoms with Crippen molar-refractivity contribution >= 4 is 11.6 Å². The number of nitrogens with two attached hydrogens (primary N) is 1. The fourth-order valence-electron chi connectivity index (χ4n) is 1.26. The molecule has 4 N–H and O–H groups in total. The molecule has 0 aliphatic carbocycles. The number of phenolic OH excluding ortho intramolecular Hbond substituents is 1. The van der Waals surface area contributed by atoms with Gasteiger partial charge >= 0.3 is 0 Å². The lowest BCUT2D eigenvalue weighted by Gasteiger charge is -2.12. The summed E-state index contributed by atoms with van der Waals surface area (Å²) in [6, 6.07) is 3.79. The predicted octanol–water partition coefficient (Wildman–Crippen LogP) is 0.313. The van der Waals surface area contributed by atoms with Gasteiger partial charge in [-0.2, -0.15) is 0 Å². The molecule has 0 bridgehead atoms. The molecular weight excluding hydrogens is 224 g/mol. The first-order valence-corrected chi connectivity index (χ1v) is 5.01. The van der Waals surface area contributed by atoms with E-state index in [-0.39, 0.29) is 18.3 Å². The topological polar surface area (TPSA) is 93.8 Å². The Kier molecular flexibility index (Phi) is 4.74. The number of phenols is 1. The zero-order valence-electron chi connectivity index (χ0n) is 9.77. The zero-order valence-corrected chi connectivity index (χ0v) is 9.77. The molecule has 0 heterocycles. The van der Waals surface area contributed by atoms with Crippen LogP contribution in [-0.2, 0) is 9.53 Å². The van der Waals surface area contributed by atoms with E-state index in [0.717, 1.165) is 0 Å². The van der Waals surface area contributed by atoms with Crippen LogP contribution in [0.25, 0.3) is 0 Å². The number of ether oxygens (including phenoxy) is 2. The van der Waals surface area contributed by atoms with Crippen molar-refractivity contribution in [2.24, 2.45) is 5.73 Å². The highest BCUT2D eigenvalue weighted by Crippen LogP contribution is 2.28. The van der Waals surface area contributed by atoms with Gasteiger partial charge in [-0.3, -0.25) is 4.79 Å². The molecule has 1 atom stereocenters. The number of benzene rings is 1. The summed E-state index contributed by atoms with van der Waals surface area (Å²) >= 11 is 0. The molecule has 0 spiro atoms. The van der Waals surface area contributed by atoms with Gasteiger partial charge in [0.2, 0.25) is 5.91 Å². The first kappa shape index (κ1) is 13.3. The van der Waals surface area contributed by atoms with Gasteiger partial charge in [-0.05, 0) is 12.1 Å². The molecule has 6 nitrogen and oxygen atoms in total. The second-order valence-electron chi connectivity index (χ2n) is 3.44. The van der Waals surface area contributed by atoms with Crippen LogP contribution < -0.4 is 15.8 Å². The molecule has 94 valence electrons. The highest BCUT2D eigenvalue weighted by Gasteiger charge is 2.13. The van der Waals surface area contributed by atoms with Crippen LogP contribution in [0.5, 0.6) is 11.5 Å². The van der Waals surface area contributed by atoms with E-state index in [1.54, 1.807) is 12.1 Å². The van der Waals surface area contributed by atoms with Gasteiger partial charge in [-0.15, -0.1) is 0 Å². The lowest BCUT2D eigenvalue weighted by Crippen LogP contribution is -2.39. The van der Waals surface area contributed by atoms with Crippen LogP contribution in [0.2, 0.25) is 0 Å². The highest BCUT2D eigenvalue weighted by molar-refractivity contribution is 5.95. The van der Waals surface area contributed by atoms with Crippen LogP contribution in [-0.4, -0.2) is 37.9 Å². The third-order valence-corrected chi connectivity index (χ3v) is 2.13. The van der Waals surface area contributed by atoms with E-state index < -0.39 is 6.04 Å². The highest BCUT2D eigenvalue weighted by atomic mass is 16.5. The van der Waals surface area contributed by atoms with Crippen molar-refractivity contribution in [1.29, 1.82) is 0 Å². The smallest absolute Gasteiger partial charge is 0.243 e. The summed E-state index contributed by atoms with van der Waals surface area (Å²) < 4.78 is 9.65. The lowest BCUT2D eigenvalue weighted by molar-refractivity contribution is -0.118. The molecule has 1 aromatic rings. The van der Waals surface area contributed by atoms with E-state index in [1.165, 1.54) is 20.3 Å². The van der Waals surface area contributed by atoms with Gasteiger partial charge in [-0.25, -0.2) is 0 Å². The number of methoxy groups -OCH3 is 2. The number of hydrogen-bond donors (Lipinski definition) is 3. The summed E-state index contributed by atoms with van der Waals surface area (Å²) in [6.45, 7) is 0.133. The average Bonchev–Trinajstić information content (AvgIpc) is 2.29. The van der Waals surface area contributed by atoms with Crippen LogP contribution in [0.3, 0.4) is 0 Å². The summed E-state index contributed by atoms with van der Waals surface area (Å²) in [5.74, 6) is -0.0915. The van der Waals surface area contributed by atoms with E-state index in [4.69, 9.17) is 15.2 Å². The number of aromatic hydroxyl groups is 1. The van der Waals surface area contributed by atoms with E-state index in [9.17, 15) is 9.90 Å². The summed E-state index contributed by atoms with van der Waals surface area (Å²) in [6.07, 6.45) is 0. The van der Waals surface area contributed by atoms with Gasteiger partial charge in [0.15, 0.2) is 11.5 Å². The fraction of sp³-hybridized carbons (Fsp3) is 0.364. The van der Waals surface area contributed by atoms with Crippen molar-refractivity contribution in [3.8, 4) is 11.5 Å². The first-order chi connectivity index (χ1) is 8.08. The lowest BCUT2D eigenvalue weighted by atomic mass is 10.2. The van der Waals surface area contributed by atoms with Gasteiger partial charge in [0, 0.05) is 18.9 Å². The molecule has 0 aliphatic rings. The Labute approximate surface area is 99.3 Å². The molecule has 1 unspecified atom stereocenters. The fourth-order valence-corrected chi connectivity index (χ4v) is 1.26. The van der Waals surface area contributed by atoms with Gasteiger partial charge in [-0.1, -0.05) is 0 Å². The number of nitrogens with one attached hydrogen (secondary N) is 1. The number of anilines is 1. The van der Waals surface area contributed by atoms with Crippen molar-refractivity contribution in [3.05, 3.63) is 18.2 Å². The van der Waals surface area contributed by atoms with Crippen molar-refractivity contribution < 1.29 is 19.4 Å². The molecule has 1 amide bonds. The Morgan fingerprint density at radius 2 is 2.24 bits per heavy atom. The van der Waals surface area contributed by atoms with Crippen molar-refractivity contribution in [2.75, 3.05) is 26.1 Å². The molecule has 0 saturated carbocycles. The molecule has 0 fully saturated rings. The summed E-state index contributed by atoms with van der Waals surface area (Å²) in [5, 5.41) is 12.1. The van der Waals surface area contributed by atoms with Gasteiger partial charge in [0.25, 0.3) is 0 Å². The zero-order chi connectivity index (χ0) is 12.8. The van der Waals surface area contributed by atoms with Crippen LogP contribution in [0, 0.1) is 0 Å². The standard InChI is InChI=1S/C11H16N2O4/c1-16-6-8(12)11(15)13-7-3-4-10(17-2)9(14)5-7/h3-5,8,14H,6,12H2,1-2H3,(H,13,15). The van der Waals surface area contributed by atoms with Gasteiger partial charge in [0.1, 0.15) is 6.04 Å². The van der Waals surface area contributed by atoms with Crippen LogP contribution >= 0.6 is 0 Å². The van der Waals surface area contributed by atoms with Crippen molar-refractivity contribution in [2.45, 2.75) is 6.04 Å². The molecule has 6 heteroatoms. The van der Waals surface area contributed by atoms with E-state index in [0.29, 0.717) is 11.4 Å². The third-order valence-electron chi connectivity index (χ3n) is 2.13. The van der Waals surface area contributed by atoms with E-state index >= 15 is 0 Å². The quantitative estimate of drug-likeness (QED) is 0.688. The predicted molar refractivity (Wildman–Crippen MR) is 63.1 cm³/mol. The Hall–Kier alpha value is -1.79. The average molecular weight is 240 g/mol. The molecular formula is C11H16N2O4. The Balaban J connectivity index is 2.69. The molecule has 0 aliphatic heterocycles. The number of carbonyl (C=O) groups excluding carboxylic acids is 1. The van der Waals surface area contributed by atoms with Crippen LogP contribution in [0.15, 0.2) is 18.2 Å². The first-order valence-electron chi connectivity index (χ1n) is 5.01. The van der Waals surface area contributed by atoms with Crippen LogP contribution in [0.1, 0.15) is 0 Å². The maximum atomic E-state index is 11.5. The normalized spacial score (nSPS) is 11.9. The summed E-state index contributed by atoms with van der Waals surface area (Å²) in [4.78, 5) is 11.5. The molecule has 1 rings (SSSR count). The van der Waals surface area contributed by atoms with Crippen LogP contribution in [0.4, 0.5) is 5.69 Å².